The third kappa shape index (κ3) is 12.5. The normalized spacial score (nSPS) is 11.9. The summed E-state index contributed by atoms with van der Waals surface area (Å²) in [6.07, 6.45) is 11.3. The van der Waals surface area contributed by atoms with Gasteiger partial charge in [0.1, 0.15) is 5.65 Å². The number of fused-ring (bicyclic) bond motifs is 4. The van der Waals surface area contributed by atoms with E-state index in [1.54, 1.807) is 12.4 Å². The maximum atomic E-state index is 4.35. The number of rotatable bonds is 1. The Balaban J connectivity index is 0.000000147. The Kier molecular flexibility index (Phi) is 15.3. The number of benzene rings is 3. The van der Waals surface area contributed by atoms with Crippen molar-refractivity contribution in [3.63, 3.8) is 0 Å². The SMILES string of the molecule is CC(C)(C)c1cccc2ccccc12.CC(C)(C)c1cnc2ccccn12.CC(C)(C)c1csc2ccccc12.CC(C)(C)n1cnc2ncccc21.CC(C)c1cccnc1. The van der Waals surface area contributed by atoms with Crippen molar-refractivity contribution >= 4 is 49.0 Å². The van der Waals surface area contributed by atoms with Gasteiger partial charge in [0.05, 0.1) is 11.8 Å². The number of thiophene rings is 1. The fraction of sp³-hybridized carbons (Fsp3) is 0.345. The van der Waals surface area contributed by atoms with Crippen molar-refractivity contribution in [2.24, 2.45) is 0 Å². The van der Waals surface area contributed by atoms with Gasteiger partial charge in [0, 0.05) is 52.3 Å². The summed E-state index contributed by atoms with van der Waals surface area (Å²) in [5, 5.41) is 6.41. The van der Waals surface area contributed by atoms with Crippen LogP contribution in [0.15, 0.2) is 152 Å². The molecule has 0 saturated heterocycles. The minimum absolute atomic E-state index is 0.0672. The van der Waals surface area contributed by atoms with Gasteiger partial charge in [-0.3, -0.25) is 4.98 Å². The van der Waals surface area contributed by atoms with Crippen molar-refractivity contribution in [1.82, 2.24) is 28.9 Å². The van der Waals surface area contributed by atoms with Crippen molar-refractivity contribution in [1.29, 1.82) is 0 Å². The molecule has 0 spiro atoms. The van der Waals surface area contributed by atoms with E-state index in [-0.39, 0.29) is 21.8 Å². The Morgan fingerprint density at radius 3 is 1.82 bits per heavy atom. The summed E-state index contributed by atoms with van der Waals surface area (Å²) in [7, 11) is 0. The molecule has 0 amide bonds. The zero-order chi connectivity index (χ0) is 45.3. The summed E-state index contributed by atoms with van der Waals surface area (Å²) >= 11 is 1.84. The summed E-state index contributed by atoms with van der Waals surface area (Å²) in [5.41, 5.74) is 9.09. The summed E-state index contributed by atoms with van der Waals surface area (Å²) in [6.45, 7) is 31.0. The largest absolute Gasteiger partial charge is 0.324 e. The van der Waals surface area contributed by atoms with Gasteiger partial charge in [0.15, 0.2) is 5.65 Å². The molecule has 0 radical (unpaired) electrons. The Morgan fingerprint density at radius 2 is 1.19 bits per heavy atom. The smallest absolute Gasteiger partial charge is 0.177 e. The van der Waals surface area contributed by atoms with Gasteiger partial charge in [0.2, 0.25) is 0 Å². The van der Waals surface area contributed by atoms with E-state index in [1.165, 1.54) is 43.2 Å². The van der Waals surface area contributed by atoms with Crippen LogP contribution >= 0.6 is 11.3 Å². The molecule has 324 valence electrons. The standard InChI is InChI=1S/C14H16.C12H14S.C11H14N2.C10H13N3.C8H11N/c1-14(2,3)13-10-6-8-11-7-4-5-9-12(11)13;1-12(2,3)10-8-13-11-7-5-4-6-9(10)11;1-11(2,3)9-8-12-10-6-4-5-7-13(9)10;1-10(2,3)13-7-12-9-8(13)5-4-6-11-9;1-7(2)8-4-3-5-9-6-8/h4-10H,1-3H3;2*4-8H,1-3H3;4-7H,1-3H3;3-7H,1-2H3. The molecule has 9 rings (SSSR count). The van der Waals surface area contributed by atoms with Crippen LogP contribution in [-0.2, 0) is 21.8 Å². The summed E-state index contributed by atoms with van der Waals surface area (Å²) in [5.74, 6) is 0.596. The lowest BCUT2D eigenvalue weighted by atomic mass is 9.84. The molecule has 3 aromatic carbocycles. The third-order valence-electron chi connectivity index (χ3n) is 10.5. The van der Waals surface area contributed by atoms with E-state index in [9.17, 15) is 0 Å². The average Bonchev–Trinajstić information content (AvgIpc) is 3.99. The lowest BCUT2D eigenvalue weighted by Crippen LogP contribution is -2.20. The fourth-order valence-corrected chi connectivity index (χ4v) is 8.22. The second kappa shape index (κ2) is 20.0. The van der Waals surface area contributed by atoms with Crippen LogP contribution in [0.1, 0.15) is 125 Å². The highest BCUT2D eigenvalue weighted by Crippen LogP contribution is 2.34. The molecule has 6 nitrogen and oxygen atoms in total. The molecule has 7 heteroatoms. The minimum Gasteiger partial charge on any atom is -0.324 e. The molecule has 62 heavy (non-hydrogen) atoms. The number of aromatic nitrogens is 6. The first-order chi connectivity index (χ1) is 29.2. The maximum Gasteiger partial charge on any atom is 0.177 e. The van der Waals surface area contributed by atoms with Crippen LogP contribution in [0.25, 0.3) is 37.7 Å². The van der Waals surface area contributed by atoms with Gasteiger partial charge in [-0.15, -0.1) is 11.3 Å². The number of pyridine rings is 3. The van der Waals surface area contributed by atoms with Crippen molar-refractivity contribution in [2.75, 3.05) is 0 Å². The summed E-state index contributed by atoms with van der Waals surface area (Å²) in [6, 6.07) is 37.8. The molecule has 0 bridgehead atoms. The van der Waals surface area contributed by atoms with Gasteiger partial charge in [0.25, 0.3) is 0 Å². The Hall–Kier alpha value is -5.66. The fourth-order valence-electron chi connectivity index (χ4n) is 7.03. The zero-order valence-electron chi connectivity index (χ0n) is 39.6. The molecule has 0 N–H and O–H groups in total. The van der Waals surface area contributed by atoms with Crippen LogP contribution in [-0.4, -0.2) is 28.9 Å². The van der Waals surface area contributed by atoms with E-state index in [0.29, 0.717) is 5.92 Å². The van der Waals surface area contributed by atoms with Crippen LogP contribution in [0.5, 0.6) is 0 Å². The summed E-state index contributed by atoms with van der Waals surface area (Å²) in [4.78, 5) is 16.8. The molecule has 6 aromatic heterocycles. The van der Waals surface area contributed by atoms with Crippen molar-refractivity contribution in [3.05, 3.63) is 174 Å². The van der Waals surface area contributed by atoms with Crippen LogP contribution in [0.2, 0.25) is 0 Å². The van der Waals surface area contributed by atoms with Crippen molar-refractivity contribution < 1.29 is 0 Å². The number of hydrogen-bond donors (Lipinski definition) is 0. The molecular formula is C55H68N6S. The monoisotopic (exact) mass is 845 g/mol. The van der Waals surface area contributed by atoms with E-state index >= 15 is 0 Å². The number of imidazole rings is 2. The first-order valence-corrected chi connectivity index (χ1v) is 22.6. The highest BCUT2D eigenvalue weighted by molar-refractivity contribution is 7.17. The van der Waals surface area contributed by atoms with E-state index in [4.69, 9.17) is 0 Å². The predicted octanol–water partition coefficient (Wildman–Crippen LogP) is 15.4. The van der Waals surface area contributed by atoms with Gasteiger partial charge in [-0.25, -0.2) is 15.0 Å². The first-order valence-electron chi connectivity index (χ1n) is 21.7. The zero-order valence-corrected chi connectivity index (χ0v) is 40.4. The van der Waals surface area contributed by atoms with Gasteiger partial charge in [-0.2, -0.15) is 0 Å². The molecule has 0 fully saturated rings. The van der Waals surface area contributed by atoms with Gasteiger partial charge in [-0.1, -0.05) is 149 Å². The number of nitrogens with zero attached hydrogens (tertiary/aromatic N) is 6. The van der Waals surface area contributed by atoms with E-state index in [1.807, 2.05) is 66.5 Å². The highest BCUT2D eigenvalue weighted by Gasteiger charge is 2.19. The third-order valence-corrected chi connectivity index (χ3v) is 11.4. The number of hydrogen-bond acceptors (Lipinski definition) is 5. The van der Waals surface area contributed by atoms with Crippen LogP contribution in [0.3, 0.4) is 0 Å². The minimum atomic E-state index is 0.0672. The first kappa shape index (κ1) is 47.4. The molecule has 0 saturated carbocycles. The lowest BCUT2D eigenvalue weighted by molar-refractivity contribution is 0.408. The Bertz CT molecular complexity index is 2560. The Morgan fingerprint density at radius 1 is 0.548 bits per heavy atom. The van der Waals surface area contributed by atoms with Crippen LogP contribution < -0.4 is 0 Å². The topological polar surface area (TPSA) is 60.9 Å². The molecule has 9 aromatic rings. The van der Waals surface area contributed by atoms with Crippen LogP contribution in [0, 0.1) is 0 Å². The van der Waals surface area contributed by atoms with Gasteiger partial charge < -0.3 is 8.97 Å². The van der Waals surface area contributed by atoms with E-state index in [2.05, 4.69) is 210 Å². The van der Waals surface area contributed by atoms with E-state index < -0.39 is 0 Å². The summed E-state index contributed by atoms with van der Waals surface area (Å²) < 4.78 is 5.67. The van der Waals surface area contributed by atoms with Crippen molar-refractivity contribution in [3.8, 4) is 0 Å². The molecule has 0 unspecified atom stereocenters. The molecule has 6 heterocycles. The van der Waals surface area contributed by atoms with E-state index in [0.717, 1.165) is 16.8 Å². The molecule has 0 aliphatic carbocycles. The Labute approximate surface area is 375 Å². The quantitative estimate of drug-likeness (QED) is 0.165. The van der Waals surface area contributed by atoms with Crippen molar-refractivity contribution in [2.45, 2.75) is 125 Å². The second-order valence-corrected chi connectivity index (χ2v) is 21.0. The molecule has 0 atom stereocenters. The van der Waals surface area contributed by atoms with Gasteiger partial charge >= 0.3 is 0 Å². The molecule has 0 aliphatic rings. The lowest BCUT2D eigenvalue weighted by Gasteiger charge is -2.21. The molecular weight excluding hydrogens is 777 g/mol. The molecule has 0 aliphatic heterocycles. The maximum absolute atomic E-state index is 4.35. The predicted molar refractivity (Wildman–Crippen MR) is 268 cm³/mol. The average molecular weight is 845 g/mol. The van der Waals surface area contributed by atoms with Gasteiger partial charge in [-0.05, 0) is 112 Å². The van der Waals surface area contributed by atoms with Crippen LogP contribution in [0.4, 0.5) is 0 Å². The second-order valence-electron chi connectivity index (χ2n) is 20.1. The highest BCUT2D eigenvalue weighted by atomic mass is 32.1.